The highest BCUT2D eigenvalue weighted by atomic mass is 35.5. The van der Waals surface area contributed by atoms with Crippen LogP contribution in [-0.4, -0.2) is 37.8 Å². The van der Waals surface area contributed by atoms with E-state index in [0.717, 1.165) is 17.7 Å². The van der Waals surface area contributed by atoms with Crippen LogP contribution in [0.1, 0.15) is 18.9 Å². The van der Waals surface area contributed by atoms with E-state index in [0.29, 0.717) is 0 Å². The van der Waals surface area contributed by atoms with Gasteiger partial charge in [-0.05, 0) is 43.0 Å². The van der Waals surface area contributed by atoms with E-state index in [1.165, 1.54) is 4.31 Å². The summed E-state index contributed by atoms with van der Waals surface area (Å²) >= 11 is 7.74. The molecule has 0 saturated carbocycles. The van der Waals surface area contributed by atoms with E-state index in [2.05, 4.69) is 0 Å². The molecule has 20 heavy (non-hydrogen) atoms. The van der Waals surface area contributed by atoms with Crippen LogP contribution in [0.25, 0.3) is 0 Å². The summed E-state index contributed by atoms with van der Waals surface area (Å²) in [6.45, 7) is 2.18. The second-order valence-corrected chi connectivity index (χ2v) is 7.98. The van der Waals surface area contributed by atoms with Gasteiger partial charge >= 0.3 is 0 Å². The van der Waals surface area contributed by atoms with Crippen molar-refractivity contribution in [3.63, 3.8) is 0 Å². The Bertz CT molecular complexity index is 549. The third-order valence-corrected chi connectivity index (χ3v) is 6.35. The van der Waals surface area contributed by atoms with Gasteiger partial charge in [0.2, 0.25) is 10.0 Å². The third-order valence-electron chi connectivity index (χ3n) is 3.25. The van der Waals surface area contributed by atoms with E-state index >= 15 is 0 Å². The Labute approximate surface area is 130 Å². The molecule has 114 valence electrons. The third kappa shape index (κ3) is 4.11. The highest BCUT2D eigenvalue weighted by Crippen LogP contribution is 2.26. The molecule has 0 radical (unpaired) electrons. The molecule has 0 aliphatic rings. The quantitative estimate of drug-likeness (QED) is 0.831. The van der Waals surface area contributed by atoms with Crippen molar-refractivity contribution in [3.8, 4) is 0 Å². The maximum Gasteiger partial charge on any atom is 0.244 e. The summed E-state index contributed by atoms with van der Waals surface area (Å²) in [5.41, 5.74) is 6.31. The van der Waals surface area contributed by atoms with Crippen molar-refractivity contribution in [2.24, 2.45) is 5.73 Å². The van der Waals surface area contributed by atoms with E-state index in [9.17, 15) is 8.42 Å². The molecule has 0 amide bonds. The van der Waals surface area contributed by atoms with E-state index < -0.39 is 10.0 Å². The number of rotatable bonds is 7. The largest absolute Gasteiger partial charge is 0.326 e. The minimum Gasteiger partial charge on any atom is -0.326 e. The molecule has 0 aliphatic carbocycles. The van der Waals surface area contributed by atoms with Crippen LogP contribution in [0.3, 0.4) is 0 Å². The zero-order valence-electron chi connectivity index (χ0n) is 12.0. The number of benzene rings is 1. The van der Waals surface area contributed by atoms with Crippen LogP contribution in [0, 0.1) is 0 Å². The molecule has 0 spiro atoms. The lowest BCUT2D eigenvalue weighted by Gasteiger charge is -2.24. The smallest absolute Gasteiger partial charge is 0.244 e. The first-order valence-corrected chi connectivity index (χ1v) is 9.51. The monoisotopic (exact) mass is 336 g/mol. The zero-order chi connectivity index (χ0) is 15.3. The van der Waals surface area contributed by atoms with Gasteiger partial charge in [0, 0.05) is 19.6 Å². The molecule has 1 unspecified atom stereocenters. The van der Waals surface area contributed by atoms with Crippen LogP contribution in [0.2, 0.25) is 5.02 Å². The zero-order valence-corrected chi connectivity index (χ0v) is 14.4. The molecule has 0 fully saturated rings. The molecule has 7 heteroatoms. The van der Waals surface area contributed by atoms with Gasteiger partial charge in [-0.3, -0.25) is 0 Å². The molecule has 1 atom stereocenters. The first kappa shape index (κ1) is 17.8. The number of sulfonamides is 1. The van der Waals surface area contributed by atoms with E-state index in [-0.39, 0.29) is 22.5 Å². The fourth-order valence-corrected chi connectivity index (χ4v) is 4.23. The lowest BCUT2D eigenvalue weighted by molar-refractivity contribution is 0.382. The Morgan fingerprint density at radius 3 is 2.65 bits per heavy atom. The van der Waals surface area contributed by atoms with Crippen molar-refractivity contribution in [2.75, 3.05) is 19.1 Å². The summed E-state index contributed by atoms with van der Waals surface area (Å²) in [7, 11) is -2.01. The minimum atomic E-state index is -3.60. The van der Waals surface area contributed by atoms with Crippen LogP contribution in [0.15, 0.2) is 23.1 Å². The molecule has 0 aromatic heterocycles. The fraction of sp³-hybridized carbons (Fsp3) is 0.538. The first-order chi connectivity index (χ1) is 9.34. The summed E-state index contributed by atoms with van der Waals surface area (Å²) in [6.07, 6.45) is 2.80. The highest BCUT2D eigenvalue weighted by Gasteiger charge is 2.27. The van der Waals surface area contributed by atoms with Crippen LogP contribution >= 0.6 is 23.4 Å². The summed E-state index contributed by atoms with van der Waals surface area (Å²) < 4.78 is 26.6. The lowest BCUT2D eigenvalue weighted by Crippen LogP contribution is -2.35. The standard InChI is InChI=1S/C13H21ClN2O2S2/c1-10(6-7-19-3)16(2)20(17,18)13-8-11(9-15)4-5-12(13)14/h4-5,8,10H,6-7,9,15H2,1-3H3. The van der Waals surface area contributed by atoms with Crippen molar-refractivity contribution in [1.82, 2.24) is 4.31 Å². The first-order valence-electron chi connectivity index (χ1n) is 6.30. The minimum absolute atomic E-state index is 0.0787. The Morgan fingerprint density at radius 1 is 1.45 bits per heavy atom. The average Bonchev–Trinajstić information content (AvgIpc) is 2.44. The Kier molecular flexibility index (Phi) is 6.81. The molecular formula is C13H21ClN2O2S2. The van der Waals surface area contributed by atoms with E-state index in [1.54, 1.807) is 37.0 Å². The van der Waals surface area contributed by atoms with Crippen molar-refractivity contribution in [3.05, 3.63) is 28.8 Å². The second kappa shape index (κ2) is 7.66. The van der Waals surface area contributed by atoms with Gasteiger partial charge in [-0.25, -0.2) is 8.42 Å². The number of thioether (sulfide) groups is 1. The maximum absolute atomic E-state index is 12.6. The van der Waals surface area contributed by atoms with Crippen molar-refractivity contribution in [2.45, 2.75) is 30.8 Å². The van der Waals surface area contributed by atoms with Crippen molar-refractivity contribution < 1.29 is 8.42 Å². The Morgan fingerprint density at radius 2 is 2.10 bits per heavy atom. The SMILES string of the molecule is CSCCC(C)N(C)S(=O)(=O)c1cc(CN)ccc1Cl. The summed E-state index contributed by atoms with van der Waals surface area (Å²) in [5, 5.41) is 0.228. The van der Waals surface area contributed by atoms with Gasteiger partial charge in [-0.1, -0.05) is 17.7 Å². The van der Waals surface area contributed by atoms with E-state index in [4.69, 9.17) is 17.3 Å². The molecule has 0 aliphatic heterocycles. The topological polar surface area (TPSA) is 63.4 Å². The number of hydrogen-bond donors (Lipinski definition) is 1. The van der Waals surface area contributed by atoms with Crippen LogP contribution < -0.4 is 5.73 Å². The molecule has 0 bridgehead atoms. The Hall–Kier alpha value is -0.270. The van der Waals surface area contributed by atoms with Gasteiger partial charge in [-0.15, -0.1) is 0 Å². The molecule has 1 rings (SSSR count). The number of hydrogen-bond acceptors (Lipinski definition) is 4. The molecular weight excluding hydrogens is 316 g/mol. The molecule has 4 nitrogen and oxygen atoms in total. The molecule has 0 heterocycles. The van der Waals surface area contributed by atoms with Crippen LogP contribution in [-0.2, 0) is 16.6 Å². The fourth-order valence-electron chi connectivity index (χ4n) is 1.73. The average molecular weight is 337 g/mol. The summed E-state index contributed by atoms with van der Waals surface area (Å²) in [6, 6.07) is 4.79. The van der Waals surface area contributed by atoms with E-state index in [1.807, 2.05) is 13.2 Å². The Balaban J connectivity index is 3.09. The summed E-state index contributed by atoms with van der Waals surface area (Å²) in [5.74, 6) is 0.914. The second-order valence-electron chi connectivity index (χ2n) is 4.62. The van der Waals surface area contributed by atoms with Gasteiger partial charge in [0.1, 0.15) is 4.90 Å². The highest BCUT2D eigenvalue weighted by molar-refractivity contribution is 7.98. The maximum atomic E-state index is 12.6. The number of halogens is 1. The molecule has 2 N–H and O–H groups in total. The summed E-state index contributed by atoms with van der Waals surface area (Å²) in [4.78, 5) is 0.126. The number of nitrogens with zero attached hydrogens (tertiary/aromatic N) is 1. The van der Waals surface area contributed by atoms with Gasteiger partial charge in [-0.2, -0.15) is 16.1 Å². The lowest BCUT2D eigenvalue weighted by atomic mass is 10.2. The molecule has 1 aromatic carbocycles. The predicted molar refractivity (Wildman–Crippen MR) is 86.8 cm³/mol. The van der Waals surface area contributed by atoms with Gasteiger partial charge in [0.15, 0.2) is 0 Å². The van der Waals surface area contributed by atoms with Crippen molar-refractivity contribution in [1.29, 1.82) is 0 Å². The van der Waals surface area contributed by atoms with Crippen LogP contribution in [0.4, 0.5) is 0 Å². The van der Waals surface area contributed by atoms with Crippen molar-refractivity contribution >= 4 is 33.4 Å². The molecule has 1 aromatic rings. The van der Waals surface area contributed by atoms with Gasteiger partial charge in [0.25, 0.3) is 0 Å². The van der Waals surface area contributed by atoms with Crippen LogP contribution in [0.5, 0.6) is 0 Å². The molecule has 0 saturated heterocycles. The normalized spacial score (nSPS) is 13.7. The predicted octanol–water partition coefficient (Wildman–Crippen LogP) is 2.56. The van der Waals surface area contributed by atoms with Gasteiger partial charge < -0.3 is 5.73 Å². The number of nitrogens with two attached hydrogens (primary N) is 1. The van der Waals surface area contributed by atoms with Gasteiger partial charge in [0.05, 0.1) is 5.02 Å².